The van der Waals surface area contributed by atoms with Crippen LogP contribution in [-0.4, -0.2) is 0 Å². The van der Waals surface area contributed by atoms with Gasteiger partial charge in [0.2, 0.25) is 0 Å². The average Bonchev–Trinajstić information content (AvgIpc) is 3.74. The van der Waals surface area contributed by atoms with Crippen LogP contribution in [0.5, 0.6) is 0 Å². The zero-order valence-corrected chi connectivity index (χ0v) is 33.1. The van der Waals surface area contributed by atoms with Crippen LogP contribution in [0.3, 0.4) is 0 Å². The molecule has 0 amide bonds. The molecule has 0 bridgehead atoms. The first-order valence-electron chi connectivity index (χ1n) is 20.4. The number of hydrogen-bond donors (Lipinski definition) is 0. The van der Waals surface area contributed by atoms with E-state index in [1.165, 1.54) is 83.1 Å². The maximum atomic E-state index is 2.49. The summed E-state index contributed by atoms with van der Waals surface area (Å²) in [6.45, 7) is 6.86. The lowest BCUT2D eigenvalue weighted by atomic mass is 9.70. The molecule has 0 radical (unpaired) electrons. The van der Waals surface area contributed by atoms with Crippen LogP contribution in [0.25, 0.3) is 55.3 Å². The monoisotopic (exact) mass is 741 g/mol. The minimum absolute atomic E-state index is 0.0391. The molecule has 2 aliphatic carbocycles. The van der Waals surface area contributed by atoms with E-state index in [2.05, 4.69) is 232 Å². The fraction of sp³-hybridized carbons (Fsp3) is 0.0877. The number of anilines is 3. The molecule has 0 fully saturated rings. The third kappa shape index (κ3) is 5.10. The highest BCUT2D eigenvalue weighted by Gasteiger charge is 2.51. The van der Waals surface area contributed by atoms with E-state index in [1.54, 1.807) is 0 Å². The second-order valence-electron chi connectivity index (χ2n) is 16.9. The topological polar surface area (TPSA) is 3.24 Å². The summed E-state index contributed by atoms with van der Waals surface area (Å²) < 4.78 is 0. The second-order valence-corrected chi connectivity index (χ2v) is 16.9. The third-order valence-electron chi connectivity index (χ3n) is 12.7. The zero-order valence-electron chi connectivity index (χ0n) is 33.1. The molecule has 276 valence electrons. The maximum Gasteiger partial charge on any atom is 0.0725 e. The second kappa shape index (κ2) is 13.0. The van der Waals surface area contributed by atoms with Gasteiger partial charge in [0.15, 0.2) is 0 Å². The SMILES string of the molecule is CC(C)(C)c1ccc(N(c2ccc3c(c2)-c2ccccc2C32c3ccccc3-c3ccccc32)c2ccc3ccccc3c2-c2ccc(-c3ccccc3)cc2)cc1. The largest absolute Gasteiger partial charge is 0.310 e. The quantitative estimate of drug-likeness (QED) is 0.170. The Labute approximate surface area is 341 Å². The molecule has 0 saturated carbocycles. The first-order valence-corrected chi connectivity index (χ1v) is 20.4. The van der Waals surface area contributed by atoms with Gasteiger partial charge in [0.05, 0.1) is 11.1 Å². The van der Waals surface area contributed by atoms with E-state index in [0.29, 0.717) is 0 Å². The molecule has 9 aromatic carbocycles. The van der Waals surface area contributed by atoms with E-state index in [4.69, 9.17) is 0 Å². The van der Waals surface area contributed by atoms with Gasteiger partial charge in [-0.05, 0) is 113 Å². The first-order chi connectivity index (χ1) is 28.4. The van der Waals surface area contributed by atoms with Gasteiger partial charge in [-0.15, -0.1) is 0 Å². The predicted molar refractivity (Wildman–Crippen MR) is 245 cm³/mol. The van der Waals surface area contributed by atoms with Crippen molar-refractivity contribution in [3.63, 3.8) is 0 Å². The van der Waals surface area contributed by atoms with Gasteiger partial charge in [-0.2, -0.15) is 0 Å². The van der Waals surface area contributed by atoms with Crippen molar-refractivity contribution in [1.82, 2.24) is 0 Å². The minimum Gasteiger partial charge on any atom is -0.310 e. The van der Waals surface area contributed by atoms with E-state index < -0.39 is 0 Å². The lowest BCUT2D eigenvalue weighted by Crippen LogP contribution is -2.25. The molecule has 1 heteroatoms. The first kappa shape index (κ1) is 34.3. The Balaban J connectivity index is 1.16. The molecule has 1 spiro atoms. The lowest BCUT2D eigenvalue weighted by Gasteiger charge is -2.32. The summed E-state index contributed by atoms with van der Waals surface area (Å²) in [6.07, 6.45) is 0. The Morgan fingerprint density at radius 1 is 0.379 bits per heavy atom. The van der Waals surface area contributed by atoms with Gasteiger partial charge < -0.3 is 4.90 Å². The molecule has 0 atom stereocenters. The molecule has 0 aromatic heterocycles. The number of fused-ring (bicyclic) bond motifs is 11. The van der Waals surface area contributed by atoms with Gasteiger partial charge in [-0.1, -0.05) is 197 Å². The molecule has 0 saturated heterocycles. The standard InChI is InChI=1S/C57H43N/c1-56(2,3)42-30-32-43(33-31-42)58(54-36-29-40-17-7-8-18-45(40)55(54)41-27-25-39(26-28-41)38-15-5-4-6-16-38)44-34-35-53-49(37-44)48-21-11-14-24-52(48)57(53)50-22-12-9-19-46(50)47-20-10-13-23-51(47)57/h4-37H,1-3H3. The lowest BCUT2D eigenvalue weighted by molar-refractivity contribution is 0.590. The van der Waals surface area contributed by atoms with E-state index in [-0.39, 0.29) is 10.8 Å². The summed E-state index contributed by atoms with van der Waals surface area (Å²) in [5.74, 6) is 0. The van der Waals surface area contributed by atoms with Crippen LogP contribution < -0.4 is 4.90 Å². The Kier molecular flexibility index (Phi) is 7.72. The molecule has 0 N–H and O–H groups in total. The summed E-state index contributed by atoms with van der Waals surface area (Å²) in [4.78, 5) is 2.49. The highest BCUT2D eigenvalue weighted by molar-refractivity contribution is 6.06. The normalized spacial score (nSPS) is 13.2. The molecule has 2 aliphatic rings. The van der Waals surface area contributed by atoms with Crippen molar-refractivity contribution < 1.29 is 0 Å². The molecule has 58 heavy (non-hydrogen) atoms. The van der Waals surface area contributed by atoms with Crippen molar-refractivity contribution in [2.24, 2.45) is 0 Å². The third-order valence-corrected chi connectivity index (χ3v) is 12.7. The molecule has 0 unspecified atom stereocenters. The van der Waals surface area contributed by atoms with E-state index in [1.807, 2.05) is 0 Å². The molecular weight excluding hydrogens is 699 g/mol. The number of hydrogen-bond acceptors (Lipinski definition) is 1. The van der Waals surface area contributed by atoms with Gasteiger partial charge in [0.1, 0.15) is 0 Å². The molecule has 0 heterocycles. The zero-order chi connectivity index (χ0) is 39.0. The fourth-order valence-electron chi connectivity index (χ4n) is 9.97. The Morgan fingerprint density at radius 2 is 0.879 bits per heavy atom. The van der Waals surface area contributed by atoms with Gasteiger partial charge in [0, 0.05) is 16.9 Å². The highest BCUT2D eigenvalue weighted by Crippen LogP contribution is 2.63. The van der Waals surface area contributed by atoms with E-state index in [0.717, 1.165) is 17.1 Å². The minimum atomic E-state index is -0.383. The van der Waals surface area contributed by atoms with Crippen molar-refractivity contribution >= 4 is 27.8 Å². The summed E-state index contributed by atoms with van der Waals surface area (Å²) in [6, 6.07) is 76.9. The van der Waals surface area contributed by atoms with E-state index in [9.17, 15) is 0 Å². The highest BCUT2D eigenvalue weighted by atomic mass is 15.1. The van der Waals surface area contributed by atoms with Gasteiger partial charge in [0.25, 0.3) is 0 Å². The maximum absolute atomic E-state index is 2.49. The van der Waals surface area contributed by atoms with Crippen LogP contribution >= 0.6 is 0 Å². The van der Waals surface area contributed by atoms with Gasteiger partial charge in [-0.25, -0.2) is 0 Å². The molecule has 0 aliphatic heterocycles. The van der Waals surface area contributed by atoms with Gasteiger partial charge >= 0.3 is 0 Å². The predicted octanol–water partition coefficient (Wildman–Crippen LogP) is 15.3. The molecule has 11 rings (SSSR count). The molecule has 9 aromatic rings. The Hall–Kier alpha value is -6.96. The van der Waals surface area contributed by atoms with Crippen LogP contribution in [0.2, 0.25) is 0 Å². The molecular formula is C57H43N. The number of benzene rings is 9. The Bertz CT molecular complexity index is 2970. The van der Waals surface area contributed by atoms with Crippen molar-refractivity contribution in [3.05, 3.63) is 234 Å². The summed E-state index contributed by atoms with van der Waals surface area (Å²) in [7, 11) is 0. The van der Waals surface area contributed by atoms with Crippen molar-refractivity contribution in [1.29, 1.82) is 0 Å². The van der Waals surface area contributed by atoms with Crippen LogP contribution in [-0.2, 0) is 10.8 Å². The average molecular weight is 742 g/mol. The van der Waals surface area contributed by atoms with Crippen LogP contribution in [0.4, 0.5) is 17.1 Å². The fourth-order valence-corrected chi connectivity index (χ4v) is 9.97. The number of nitrogens with zero attached hydrogens (tertiary/aromatic N) is 1. The van der Waals surface area contributed by atoms with Crippen LogP contribution in [0, 0.1) is 0 Å². The Morgan fingerprint density at radius 3 is 1.52 bits per heavy atom. The smallest absolute Gasteiger partial charge is 0.0725 e. The number of rotatable bonds is 5. The summed E-state index contributed by atoms with van der Waals surface area (Å²) >= 11 is 0. The van der Waals surface area contributed by atoms with Crippen LogP contribution in [0.1, 0.15) is 48.6 Å². The van der Waals surface area contributed by atoms with Crippen molar-refractivity contribution in [3.8, 4) is 44.5 Å². The van der Waals surface area contributed by atoms with Crippen molar-refractivity contribution in [2.75, 3.05) is 4.90 Å². The molecule has 1 nitrogen and oxygen atoms in total. The van der Waals surface area contributed by atoms with E-state index >= 15 is 0 Å². The summed E-state index contributed by atoms with van der Waals surface area (Å²) in [5.41, 5.74) is 19.8. The van der Waals surface area contributed by atoms with Crippen LogP contribution in [0.15, 0.2) is 206 Å². The van der Waals surface area contributed by atoms with Gasteiger partial charge in [-0.3, -0.25) is 0 Å². The van der Waals surface area contributed by atoms with Crippen molar-refractivity contribution in [2.45, 2.75) is 31.6 Å². The summed E-state index contributed by atoms with van der Waals surface area (Å²) in [5, 5.41) is 2.45.